The van der Waals surface area contributed by atoms with E-state index in [9.17, 15) is 13.6 Å². The number of nitrogens with zero attached hydrogens (tertiary/aromatic N) is 1. The summed E-state index contributed by atoms with van der Waals surface area (Å²) in [5.41, 5.74) is 3.51. The van der Waals surface area contributed by atoms with Gasteiger partial charge in [0.15, 0.2) is 16.8 Å². The Morgan fingerprint density at radius 2 is 1.88 bits per heavy atom. The third kappa shape index (κ3) is 4.00. The van der Waals surface area contributed by atoms with Crippen LogP contribution in [0.5, 0.6) is 0 Å². The first-order valence-electron chi connectivity index (χ1n) is 7.48. The molecule has 0 saturated heterocycles. The van der Waals surface area contributed by atoms with E-state index in [1.165, 1.54) is 17.4 Å². The summed E-state index contributed by atoms with van der Waals surface area (Å²) in [6.45, 7) is 4.00. The zero-order valence-electron chi connectivity index (χ0n) is 13.6. The average molecular weight is 359 g/mol. The Labute approximate surface area is 147 Å². The first-order valence-corrected chi connectivity index (χ1v) is 8.36. The van der Waals surface area contributed by atoms with Crippen LogP contribution in [0.15, 0.2) is 41.8 Å². The maximum Gasteiger partial charge on any atom is 0.275 e. The lowest BCUT2D eigenvalue weighted by Crippen LogP contribution is -2.12. The molecule has 3 rings (SSSR count). The van der Waals surface area contributed by atoms with Gasteiger partial charge in [0.25, 0.3) is 5.91 Å². The molecule has 4 nitrogen and oxygen atoms in total. The molecular formula is C18H15F2N3OS. The van der Waals surface area contributed by atoms with Crippen molar-refractivity contribution in [3.05, 3.63) is 70.2 Å². The highest BCUT2D eigenvalue weighted by Gasteiger charge is 2.13. The van der Waals surface area contributed by atoms with E-state index in [1.54, 1.807) is 5.38 Å². The second-order valence-corrected chi connectivity index (χ2v) is 6.42. The lowest BCUT2D eigenvalue weighted by molar-refractivity contribution is 0.102. The minimum absolute atomic E-state index is 0.167. The maximum absolute atomic E-state index is 13.2. The van der Waals surface area contributed by atoms with Crippen molar-refractivity contribution in [2.45, 2.75) is 13.8 Å². The van der Waals surface area contributed by atoms with Gasteiger partial charge in [-0.1, -0.05) is 17.7 Å². The van der Waals surface area contributed by atoms with E-state index in [1.807, 2.05) is 32.0 Å². The molecular weight excluding hydrogens is 344 g/mol. The van der Waals surface area contributed by atoms with Crippen molar-refractivity contribution in [3.63, 3.8) is 0 Å². The van der Waals surface area contributed by atoms with Gasteiger partial charge in [-0.15, -0.1) is 11.3 Å². The Hall–Kier alpha value is -2.80. The molecule has 0 atom stereocenters. The van der Waals surface area contributed by atoms with Crippen LogP contribution >= 0.6 is 11.3 Å². The smallest absolute Gasteiger partial charge is 0.275 e. The number of carbonyl (C=O) groups excluding carboxylic acids is 1. The number of nitrogens with one attached hydrogen (secondary N) is 2. The Morgan fingerprint density at radius 1 is 1.08 bits per heavy atom. The fourth-order valence-electron chi connectivity index (χ4n) is 2.27. The molecule has 0 radical (unpaired) electrons. The second-order valence-electron chi connectivity index (χ2n) is 5.56. The van der Waals surface area contributed by atoms with Gasteiger partial charge in [0.1, 0.15) is 5.69 Å². The number of benzene rings is 2. The average Bonchev–Trinajstić information content (AvgIpc) is 3.02. The van der Waals surface area contributed by atoms with E-state index >= 15 is 0 Å². The van der Waals surface area contributed by atoms with Gasteiger partial charge >= 0.3 is 0 Å². The predicted octanol–water partition coefficient (Wildman–Crippen LogP) is 5.03. The zero-order valence-corrected chi connectivity index (χ0v) is 14.4. The maximum atomic E-state index is 13.2. The SMILES string of the molecule is Cc1ccc(Nc2nc(C(=O)Nc3ccc(F)c(F)c3)cs2)c(C)c1. The Morgan fingerprint density at radius 3 is 2.60 bits per heavy atom. The van der Waals surface area contributed by atoms with Crippen LogP contribution in [0.2, 0.25) is 0 Å². The Bertz CT molecular complexity index is 940. The summed E-state index contributed by atoms with van der Waals surface area (Å²) in [6.07, 6.45) is 0. The lowest BCUT2D eigenvalue weighted by Gasteiger charge is -2.07. The fourth-order valence-corrected chi connectivity index (χ4v) is 2.98. The predicted molar refractivity (Wildman–Crippen MR) is 95.6 cm³/mol. The van der Waals surface area contributed by atoms with Gasteiger partial charge in [0.05, 0.1) is 0 Å². The molecule has 1 heterocycles. The van der Waals surface area contributed by atoms with Gasteiger partial charge in [-0.05, 0) is 37.6 Å². The zero-order chi connectivity index (χ0) is 18.0. The van der Waals surface area contributed by atoms with Gasteiger partial charge in [-0.25, -0.2) is 13.8 Å². The van der Waals surface area contributed by atoms with Crippen LogP contribution in [0.25, 0.3) is 0 Å². The van der Waals surface area contributed by atoms with Gasteiger partial charge in [0, 0.05) is 22.8 Å². The molecule has 0 fully saturated rings. The van der Waals surface area contributed by atoms with Crippen molar-refractivity contribution in [2.75, 3.05) is 10.6 Å². The molecule has 2 aromatic carbocycles. The molecule has 0 spiro atoms. The lowest BCUT2D eigenvalue weighted by atomic mass is 10.1. The highest BCUT2D eigenvalue weighted by atomic mass is 32.1. The van der Waals surface area contributed by atoms with Crippen LogP contribution in [0.1, 0.15) is 21.6 Å². The van der Waals surface area contributed by atoms with Gasteiger partial charge in [0.2, 0.25) is 0 Å². The number of rotatable bonds is 4. The van der Waals surface area contributed by atoms with Crippen LogP contribution in [0.4, 0.5) is 25.3 Å². The highest BCUT2D eigenvalue weighted by Crippen LogP contribution is 2.24. The molecule has 128 valence electrons. The number of thiazole rings is 1. The molecule has 0 aliphatic carbocycles. The van der Waals surface area contributed by atoms with E-state index in [-0.39, 0.29) is 11.4 Å². The van der Waals surface area contributed by atoms with Crippen LogP contribution in [0.3, 0.4) is 0 Å². The molecule has 0 saturated carbocycles. The number of amides is 1. The summed E-state index contributed by atoms with van der Waals surface area (Å²) in [7, 11) is 0. The molecule has 0 aliphatic rings. The number of aryl methyl sites for hydroxylation is 2. The minimum atomic E-state index is -1.02. The minimum Gasteiger partial charge on any atom is -0.331 e. The third-order valence-corrected chi connectivity index (χ3v) is 4.30. The van der Waals surface area contributed by atoms with Crippen LogP contribution in [0, 0.1) is 25.5 Å². The molecule has 25 heavy (non-hydrogen) atoms. The van der Waals surface area contributed by atoms with E-state index in [0.29, 0.717) is 5.13 Å². The molecule has 2 N–H and O–H groups in total. The van der Waals surface area contributed by atoms with Crippen LogP contribution < -0.4 is 10.6 Å². The normalized spacial score (nSPS) is 10.6. The summed E-state index contributed by atoms with van der Waals surface area (Å²) in [5.74, 6) is -2.48. The molecule has 3 aromatic rings. The van der Waals surface area contributed by atoms with Crippen molar-refractivity contribution in [2.24, 2.45) is 0 Å². The number of halogens is 2. The van der Waals surface area contributed by atoms with Gasteiger partial charge in [-0.3, -0.25) is 4.79 Å². The number of hydrogen-bond donors (Lipinski definition) is 2. The summed E-state index contributed by atoms with van der Waals surface area (Å²) in [6, 6.07) is 9.16. The van der Waals surface area contributed by atoms with Crippen molar-refractivity contribution in [3.8, 4) is 0 Å². The first-order chi connectivity index (χ1) is 11.9. The Balaban J connectivity index is 1.71. The van der Waals surface area contributed by atoms with E-state index < -0.39 is 17.5 Å². The van der Waals surface area contributed by atoms with Gasteiger partial charge in [-0.2, -0.15) is 0 Å². The van der Waals surface area contributed by atoms with E-state index in [0.717, 1.165) is 28.9 Å². The topological polar surface area (TPSA) is 54.0 Å². The van der Waals surface area contributed by atoms with Crippen molar-refractivity contribution in [1.29, 1.82) is 0 Å². The molecule has 7 heteroatoms. The van der Waals surface area contributed by atoms with E-state index in [2.05, 4.69) is 15.6 Å². The van der Waals surface area contributed by atoms with Crippen LogP contribution in [-0.2, 0) is 0 Å². The van der Waals surface area contributed by atoms with Crippen LogP contribution in [-0.4, -0.2) is 10.9 Å². The number of anilines is 3. The molecule has 1 amide bonds. The summed E-state index contributed by atoms with van der Waals surface area (Å²) < 4.78 is 26.1. The van der Waals surface area contributed by atoms with Crippen molar-refractivity contribution in [1.82, 2.24) is 4.98 Å². The molecule has 0 aliphatic heterocycles. The number of hydrogen-bond acceptors (Lipinski definition) is 4. The standard InChI is InChI=1S/C18H15F2N3OS/c1-10-3-6-15(11(2)7-10)22-18-23-16(9-25-18)17(24)21-12-4-5-13(19)14(20)8-12/h3-9H,1-2H3,(H,21,24)(H,22,23). The monoisotopic (exact) mass is 359 g/mol. The quantitative estimate of drug-likeness (QED) is 0.687. The Kier molecular flexibility index (Phi) is 4.76. The fraction of sp³-hybridized carbons (Fsp3) is 0.111. The first kappa shape index (κ1) is 17.0. The second kappa shape index (κ2) is 6.98. The third-order valence-electron chi connectivity index (χ3n) is 3.54. The van der Waals surface area contributed by atoms with Gasteiger partial charge < -0.3 is 10.6 Å². The van der Waals surface area contributed by atoms with Crippen molar-refractivity contribution >= 4 is 33.8 Å². The number of carbonyl (C=O) groups is 1. The molecule has 1 aromatic heterocycles. The highest BCUT2D eigenvalue weighted by molar-refractivity contribution is 7.14. The van der Waals surface area contributed by atoms with E-state index in [4.69, 9.17) is 0 Å². The summed E-state index contributed by atoms with van der Waals surface area (Å²) >= 11 is 1.28. The molecule has 0 unspecified atom stereocenters. The van der Waals surface area contributed by atoms with Crippen molar-refractivity contribution < 1.29 is 13.6 Å². The largest absolute Gasteiger partial charge is 0.331 e. The number of aromatic nitrogens is 1. The summed E-state index contributed by atoms with van der Waals surface area (Å²) in [5, 5.41) is 7.84. The summed E-state index contributed by atoms with van der Waals surface area (Å²) in [4.78, 5) is 16.4. The molecule has 0 bridgehead atoms.